The molecule has 1 heterocycles. The molecule has 2 N–H and O–H groups in total. The van der Waals surface area contributed by atoms with Gasteiger partial charge in [0, 0.05) is 18.7 Å². The molecule has 0 spiro atoms. The molecule has 0 aliphatic carbocycles. The molecule has 1 atom stereocenters. The highest BCUT2D eigenvalue weighted by atomic mass is 16.5. The molecule has 27 heavy (non-hydrogen) atoms. The number of nitrogens with zero attached hydrogens (tertiary/aromatic N) is 1. The molecule has 2 amide bonds. The Balaban J connectivity index is 1.93. The van der Waals surface area contributed by atoms with Crippen molar-refractivity contribution >= 4 is 23.9 Å². The van der Waals surface area contributed by atoms with Crippen molar-refractivity contribution in [3.05, 3.63) is 29.8 Å². The number of carbonyl (C=O) groups excluding carboxylic acids is 3. The van der Waals surface area contributed by atoms with Crippen LogP contribution in [0, 0.1) is 0 Å². The quantitative estimate of drug-likeness (QED) is 0.564. The third-order valence-electron chi connectivity index (χ3n) is 4.28. The van der Waals surface area contributed by atoms with Gasteiger partial charge in [-0.05, 0) is 43.0 Å². The van der Waals surface area contributed by atoms with Crippen LogP contribution in [0.1, 0.15) is 24.8 Å². The first kappa shape index (κ1) is 20.3. The van der Waals surface area contributed by atoms with Gasteiger partial charge in [0.1, 0.15) is 17.5 Å². The van der Waals surface area contributed by atoms with Crippen molar-refractivity contribution in [1.29, 1.82) is 0 Å². The predicted molar refractivity (Wildman–Crippen MR) is 98.1 cm³/mol. The maximum atomic E-state index is 12.2. The van der Waals surface area contributed by atoms with E-state index in [2.05, 4.69) is 0 Å². The number of rotatable bonds is 7. The van der Waals surface area contributed by atoms with Gasteiger partial charge in [-0.3, -0.25) is 9.59 Å². The van der Waals surface area contributed by atoms with Gasteiger partial charge in [-0.25, -0.2) is 4.79 Å². The van der Waals surface area contributed by atoms with Crippen molar-refractivity contribution in [2.75, 3.05) is 27.4 Å². The molecule has 0 radical (unpaired) electrons. The lowest BCUT2D eigenvalue weighted by Crippen LogP contribution is -2.51. The fourth-order valence-electron chi connectivity index (χ4n) is 2.88. The van der Waals surface area contributed by atoms with Crippen LogP contribution in [-0.4, -0.2) is 56.1 Å². The molecule has 0 unspecified atom stereocenters. The fourth-order valence-corrected chi connectivity index (χ4v) is 2.88. The SMILES string of the molecule is COc1cc(/C=C/C(=O)OCC(=O)N2CCCC[C@H]2C(N)=O)cc(OC)c1. The van der Waals surface area contributed by atoms with Crippen molar-refractivity contribution in [2.45, 2.75) is 25.3 Å². The molecule has 0 aromatic heterocycles. The van der Waals surface area contributed by atoms with Crippen LogP contribution in [0.3, 0.4) is 0 Å². The summed E-state index contributed by atoms with van der Waals surface area (Å²) in [6.07, 6.45) is 4.91. The first-order valence-electron chi connectivity index (χ1n) is 8.61. The molecule has 1 aliphatic rings. The molecule has 0 bridgehead atoms. The second-order valence-corrected chi connectivity index (χ2v) is 6.09. The van der Waals surface area contributed by atoms with Crippen LogP contribution in [0.15, 0.2) is 24.3 Å². The highest BCUT2D eigenvalue weighted by Crippen LogP contribution is 2.23. The van der Waals surface area contributed by atoms with Crippen LogP contribution in [0.5, 0.6) is 11.5 Å². The Hall–Kier alpha value is -3.03. The van der Waals surface area contributed by atoms with Gasteiger partial charge in [0.15, 0.2) is 6.61 Å². The second-order valence-electron chi connectivity index (χ2n) is 6.09. The number of hydrogen-bond acceptors (Lipinski definition) is 6. The van der Waals surface area contributed by atoms with Crippen LogP contribution in [-0.2, 0) is 19.1 Å². The van der Waals surface area contributed by atoms with Gasteiger partial charge in [-0.1, -0.05) is 0 Å². The van der Waals surface area contributed by atoms with Gasteiger partial charge < -0.3 is 24.8 Å². The Kier molecular flexibility index (Phi) is 7.22. The van der Waals surface area contributed by atoms with Gasteiger partial charge in [0.2, 0.25) is 5.91 Å². The molecular weight excluding hydrogens is 352 g/mol. The monoisotopic (exact) mass is 376 g/mol. The summed E-state index contributed by atoms with van der Waals surface area (Å²) in [5, 5.41) is 0. The van der Waals surface area contributed by atoms with Gasteiger partial charge >= 0.3 is 5.97 Å². The fraction of sp³-hybridized carbons (Fsp3) is 0.421. The number of nitrogens with two attached hydrogens (primary N) is 1. The normalized spacial score (nSPS) is 16.8. The molecule has 1 fully saturated rings. The summed E-state index contributed by atoms with van der Waals surface area (Å²) in [4.78, 5) is 37.0. The zero-order valence-electron chi connectivity index (χ0n) is 15.5. The number of benzene rings is 1. The van der Waals surface area contributed by atoms with Crippen molar-refractivity contribution in [2.24, 2.45) is 5.73 Å². The number of methoxy groups -OCH3 is 2. The molecule has 1 saturated heterocycles. The van der Waals surface area contributed by atoms with Crippen molar-refractivity contribution in [3.63, 3.8) is 0 Å². The number of amides is 2. The number of ether oxygens (including phenoxy) is 3. The number of likely N-dealkylation sites (tertiary alicyclic amines) is 1. The topological polar surface area (TPSA) is 108 Å². The summed E-state index contributed by atoms with van der Waals surface area (Å²) < 4.78 is 15.3. The predicted octanol–water partition coefficient (Wildman–Crippen LogP) is 1.13. The Morgan fingerprint density at radius 3 is 2.41 bits per heavy atom. The standard InChI is InChI=1S/C19H24N2O6/c1-25-14-9-13(10-15(11-14)26-2)6-7-18(23)27-12-17(22)21-8-4-3-5-16(21)19(20)24/h6-7,9-11,16H,3-5,8,12H2,1-2H3,(H2,20,24)/b7-6+/t16-/m0/s1. The van der Waals surface area contributed by atoms with Crippen LogP contribution in [0.25, 0.3) is 6.08 Å². The summed E-state index contributed by atoms with van der Waals surface area (Å²) in [5.74, 6) is -0.470. The number of primary amides is 1. The van der Waals surface area contributed by atoms with Crippen LogP contribution >= 0.6 is 0 Å². The number of hydrogen-bond donors (Lipinski definition) is 1. The van der Waals surface area contributed by atoms with Crippen molar-refractivity contribution in [3.8, 4) is 11.5 Å². The molecule has 1 aliphatic heterocycles. The van der Waals surface area contributed by atoms with E-state index in [0.717, 1.165) is 12.8 Å². The average molecular weight is 376 g/mol. The second kappa shape index (κ2) is 9.61. The van der Waals surface area contributed by atoms with E-state index in [1.54, 1.807) is 18.2 Å². The zero-order chi connectivity index (χ0) is 19.8. The van der Waals surface area contributed by atoms with E-state index in [-0.39, 0.29) is 0 Å². The Morgan fingerprint density at radius 2 is 1.81 bits per heavy atom. The average Bonchev–Trinajstić information content (AvgIpc) is 2.69. The minimum atomic E-state index is -0.669. The summed E-state index contributed by atoms with van der Waals surface area (Å²) in [7, 11) is 3.06. The van der Waals surface area contributed by atoms with E-state index < -0.39 is 30.4 Å². The van der Waals surface area contributed by atoms with Crippen LogP contribution < -0.4 is 15.2 Å². The number of carbonyl (C=O) groups is 3. The lowest BCUT2D eigenvalue weighted by Gasteiger charge is -2.33. The van der Waals surface area contributed by atoms with E-state index in [1.165, 1.54) is 31.3 Å². The highest BCUT2D eigenvalue weighted by molar-refractivity contribution is 5.91. The van der Waals surface area contributed by atoms with E-state index in [1.807, 2.05) is 0 Å². The maximum absolute atomic E-state index is 12.2. The van der Waals surface area contributed by atoms with E-state index >= 15 is 0 Å². The molecular formula is C19H24N2O6. The summed E-state index contributed by atoms with van der Waals surface area (Å²) in [6, 6.07) is 4.53. The smallest absolute Gasteiger partial charge is 0.331 e. The van der Waals surface area contributed by atoms with Gasteiger partial charge in [0.25, 0.3) is 5.91 Å². The minimum absolute atomic E-state index is 0.428. The summed E-state index contributed by atoms with van der Waals surface area (Å²) in [5.41, 5.74) is 6.02. The van der Waals surface area contributed by atoms with Crippen molar-refractivity contribution < 1.29 is 28.6 Å². The lowest BCUT2D eigenvalue weighted by atomic mass is 10.0. The van der Waals surface area contributed by atoms with Crippen molar-refractivity contribution in [1.82, 2.24) is 4.90 Å². The molecule has 2 rings (SSSR count). The molecule has 1 aromatic carbocycles. The molecule has 1 aromatic rings. The Labute approximate surface area is 157 Å². The summed E-state index contributed by atoms with van der Waals surface area (Å²) in [6.45, 7) is -0.00216. The minimum Gasteiger partial charge on any atom is -0.497 e. The molecule has 0 saturated carbocycles. The Bertz CT molecular complexity index is 709. The molecule has 8 nitrogen and oxygen atoms in total. The van der Waals surface area contributed by atoms with Crippen LogP contribution in [0.2, 0.25) is 0 Å². The largest absolute Gasteiger partial charge is 0.497 e. The van der Waals surface area contributed by atoms with Gasteiger partial charge in [-0.2, -0.15) is 0 Å². The van der Waals surface area contributed by atoms with Gasteiger partial charge in [0.05, 0.1) is 14.2 Å². The summed E-state index contributed by atoms with van der Waals surface area (Å²) >= 11 is 0. The zero-order valence-corrected chi connectivity index (χ0v) is 15.5. The number of esters is 1. The molecule has 8 heteroatoms. The highest BCUT2D eigenvalue weighted by Gasteiger charge is 2.30. The lowest BCUT2D eigenvalue weighted by molar-refractivity contribution is -0.151. The molecule has 146 valence electrons. The van der Waals surface area contributed by atoms with Crippen LogP contribution in [0.4, 0.5) is 0 Å². The third kappa shape index (κ3) is 5.73. The first-order valence-corrected chi connectivity index (χ1v) is 8.61. The van der Waals surface area contributed by atoms with E-state index in [4.69, 9.17) is 19.9 Å². The van der Waals surface area contributed by atoms with E-state index in [9.17, 15) is 14.4 Å². The Morgan fingerprint density at radius 1 is 1.15 bits per heavy atom. The van der Waals surface area contributed by atoms with E-state index in [0.29, 0.717) is 30.0 Å². The van der Waals surface area contributed by atoms with Gasteiger partial charge in [-0.15, -0.1) is 0 Å². The first-order chi connectivity index (χ1) is 12.9. The third-order valence-corrected chi connectivity index (χ3v) is 4.28. The maximum Gasteiger partial charge on any atom is 0.331 e. The number of piperidine rings is 1.